The maximum absolute atomic E-state index is 9.81. The van der Waals surface area contributed by atoms with Gasteiger partial charge in [-0.3, -0.25) is 0 Å². The number of unbranched alkanes of at least 4 members (excludes halogenated alkanes) is 3. The van der Waals surface area contributed by atoms with Gasteiger partial charge < -0.3 is 10.2 Å². The number of benzene rings is 1. The van der Waals surface area contributed by atoms with E-state index < -0.39 is 0 Å². The first-order valence-electron chi connectivity index (χ1n) is 6.18. The third-order valence-electron chi connectivity index (χ3n) is 2.77. The van der Waals surface area contributed by atoms with Crippen molar-refractivity contribution >= 4 is 0 Å². The van der Waals surface area contributed by atoms with Gasteiger partial charge in [0.1, 0.15) is 5.75 Å². The Labute approximate surface area is 97.9 Å². The van der Waals surface area contributed by atoms with Crippen LogP contribution in [0.5, 0.6) is 5.75 Å². The maximum Gasteiger partial charge on any atom is 0.115 e. The highest BCUT2D eigenvalue weighted by atomic mass is 16.3. The second kappa shape index (κ2) is 7.29. The van der Waals surface area contributed by atoms with Gasteiger partial charge in [-0.1, -0.05) is 44.7 Å². The minimum Gasteiger partial charge on any atom is -0.508 e. The number of hydrogen-bond donors (Lipinski definition) is 2. The van der Waals surface area contributed by atoms with Crippen LogP contribution >= 0.6 is 0 Å². The molecular weight excluding hydrogens is 200 g/mol. The van der Waals surface area contributed by atoms with E-state index in [0.717, 1.165) is 18.4 Å². The van der Waals surface area contributed by atoms with Gasteiger partial charge >= 0.3 is 0 Å². The van der Waals surface area contributed by atoms with Crippen LogP contribution in [-0.2, 0) is 6.42 Å². The lowest BCUT2D eigenvalue weighted by Gasteiger charge is -2.10. The molecule has 0 spiro atoms. The Morgan fingerprint density at radius 1 is 1.19 bits per heavy atom. The Hall–Kier alpha value is -1.02. The Morgan fingerprint density at radius 2 is 2.00 bits per heavy atom. The fourth-order valence-corrected chi connectivity index (χ4v) is 1.86. The van der Waals surface area contributed by atoms with Crippen molar-refractivity contribution in [2.75, 3.05) is 0 Å². The molecule has 0 aliphatic rings. The number of rotatable bonds is 7. The smallest absolute Gasteiger partial charge is 0.115 e. The molecule has 90 valence electrons. The standard InChI is InChI=1S/C14H22O2/c1-2-3-4-5-8-13(15)10-12-7-6-9-14(16)11-12/h6-7,9,11,13,15-16H,2-5,8,10H2,1H3. The van der Waals surface area contributed by atoms with Crippen LogP contribution in [0.15, 0.2) is 24.3 Å². The molecule has 2 nitrogen and oxygen atoms in total. The highest BCUT2D eigenvalue weighted by Gasteiger charge is 2.05. The molecule has 0 aliphatic carbocycles. The van der Waals surface area contributed by atoms with Gasteiger partial charge in [-0.05, 0) is 30.5 Å². The molecule has 0 heterocycles. The summed E-state index contributed by atoms with van der Waals surface area (Å²) in [6, 6.07) is 7.12. The van der Waals surface area contributed by atoms with Crippen LogP contribution in [0, 0.1) is 0 Å². The molecule has 16 heavy (non-hydrogen) atoms. The molecule has 2 heteroatoms. The number of aliphatic hydroxyl groups excluding tert-OH is 1. The van der Waals surface area contributed by atoms with Crippen molar-refractivity contribution in [3.8, 4) is 5.75 Å². The van der Waals surface area contributed by atoms with E-state index in [-0.39, 0.29) is 11.9 Å². The molecule has 0 fully saturated rings. The van der Waals surface area contributed by atoms with E-state index in [9.17, 15) is 10.2 Å². The van der Waals surface area contributed by atoms with Crippen LogP contribution in [0.4, 0.5) is 0 Å². The summed E-state index contributed by atoms with van der Waals surface area (Å²) in [6.07, 6.45) is 5.98. The molecule has 0 saturated heterocycles. The number of phenols is 1. The first kappa shape index (κ1) is 13.0. The molecule has 0 amide bonds. The van der Waals surface area contributed by atoms with Crippen molar-refractivity contribution in [2.45, 2.75) is 51.6 Å². The monoisotopic (exact) mass is 222 g/mol. The first-order valence-corrected chi connectivity index (χ1v) is 6.18. The highest BCUT2D eigenvalue weighted by Crippen LogP contribution is 2.15. The summed E-state index contributed by atoms with van der Waals surface area (Å²) in [4.78, 5) is 0. The lowest BCUT2D eigenvalue weighted by atomic mass is 10.0. The molecule has 0 bridgehead atoms. The van der Waals surface area contributed by atoms with Gasteiger partial charge in [-0.25, -0.2) is 0 Å². The third-order valence-corrected chi connectivity index (χ3v) is 2.77. The van der Waals surface area contributed by atoms with Crippen molar-refractivity contribution in [2.24, 2.45) is 0 Å². The molecule has 0 saturated carbocycles. The van der Waals surface area contributed by atoms with E-state index in [1.165, 1.54) is 19.3 Å². The van der Waals surface area contributed by atoms with Crippen molar-refractivity contribution in [1.29, 1.82) is 0 Å². The van der Waals surface area contributed by atoms with Gasteiger partial charge in [0.25, 0.3) is 0 Å². The highest BCUT2D eigenvalue weighted by molar-refractivity contribution is 5.27. The van der Waals surface area contributed by atoms with E-state index in [1.54, 1.807) is 12.1 Å². The zero-order valence-corrected chi connectivity index (χ0v) is 10.0. The average molecular weight is 222 g/mol. The summed E-state index contributed by atoms with van der Waals surface area (Å²) in [5, 5.41) is 19.1. The summed E-state index contributed by atoms with van der Waals surface area (Å²) >= 11 is 0. The van der Waals surface area contributed by atoms with Gasteiger partial charge in [0.05, 0.1) is 6.10 Å². The van der Waals surface area contributed by atoms with E-state index in [2.05, 4.69) is 6.92 Å². The van der Waals surface area contributed by atoms with E-state index in [4.69, 9.17) is 0 Å². The molecule has 0 aliphatic heterocycles. The normalized spacial score (nSPS) is 12.6. The van der Waals surface area contributed by atoms with Gasteiger partial charge in [0.15, 0.2) is 0 Å². The Bertz CT molecular complexity index is 297. The van der Waals surface area contributed by atoms with Gasteiger partial charge in [0.2, 0.25) is 0 Å². The minimum absolute atomic E-state index is 0.274. The largest absolute Gasteiger partial charge is 0.508 e. The minimum atomic E-state index is -0.279. The lowest BCUT2D eigenvalue weighted by Crippen LogP contribution is -2.10. The topological polar surface area (TPSA) is 40.5 Å². The predicted molar refractivity (Wildman–Crippen MR) is 66.6 cm³/mol. The molecular formula is C14H22O2. The predicted octanol–water partition coefficient (Wildman–Crippen LogP) is 3.27. The van der Waals surface area contributed by atoms with Crippen LogP contribution in [-0.4, -0.2) is 16.3 Å². The summed E-state index contributed by atoms with van der Waals surface area (Å²) in [6.45, 7) is 2.18. The number of phenolic OH excluding ortho intramolecular Hbond substituents is 1. The van der Waals surface area contributed by atoms with Crippen molar-refractivity contribution in [3.63, 3.8) is 0 Å². The van der Waals surface area contributed by atoms with Crippen LogP contribution in [0.3, 0.4) is 0 Å². The van der Waals surface area contributed by atoms with Gasteiger partial charge in [-0.15, -0.1) is 0 Å². The molecule has 2 N–H and O–H groups in total. The van der Waals surface area contributed by atoms with Crippen LogP contribution < -0.4 is 0 Å². The lowest BCUT2D eigenvalue weighted by molar-refractivity contribution is 0.161. The number of hydrogen-bond acceptors (Lipinski definition) is 2. The molecule has 1 aromatic rings. The summed E-state index contributed by atoms with van der Waals surface area (Å²) in [7, 11) is 0. The molecule has 0 radical (unpaired) electrons. The van der Waals surface area contributed by atoms with Crippen molar-refractivity contribution in [1.82, 2.24) is 0 Å². The zero-order chi connectivity index (χ0) is 11.8. The van der Waals surface area contributed by atoms with Crippen LogP contribution in [0.1, 0.15) is 44.6 Å². The maximum atomic E-state index is 9.81. The first-order chi connectivity index (χ1) is 7.72. The van der Waals surface area contributed by atoms with Gasteiger partial charge in [0, 0.05) is 0 Å². The quantitative estimate of drug-likeness (QED) is 0.695. The molecule has 1 rings (SSSR count). The van der Waals surface area contributed by atoms with Crippen LogP contribution in [0.25, 0.3) is 0 Å². The Kier molecular flexibility index (Phi) is 5.94. The fourth-order valence-electron chi connectivity index (χ4n) is 1.86. The Morgan fingerprint density at radius 3 is 2.69 bits per heavy atom. The molecule has 1 aromatic carbocycles. The van der Waals surface area contributed by atoms with Crippen molar-refractivity contribution in [3.05, 3.63) is 29.8 Å². The zero-order valence-electron chi connectivity index (χ0n) is 10.0. The molecule has 1 atom stereocenters. The van der Waals surface area contributed by atoms with Crippen molar-refractivity contribution < 1.29 is 10.2 Å². The third kappa shape index (κ3) is 5.17. The number of aliphatic hydroxyl groups is 1. The average Bonchev–Trinajstić information content (AvgIpc) is 2.24. The molecule has 1 unspecified atom stereocenters. The second-order valence-corrected chi connectivity index (χ2v) is 4.38. The SMILES string of the molecule is CCCCCCC(O)Cc1cccc(O)c1. The summed E-state index contributed by atoms with van der Waals surface area (Å²) in [5.41, 5.74) is 1.00. The fraction of sp³-hybridized carbons (Fsp3) is 0.571. The van der Waals surface area contributed by atoms with E-state index >= 15 is 0 Å². The molecule has 0 aromatic heterocycles. The Balaban J connectivity index is 2.25. The second-order valence-electron chi connectivity index (χ2n) is 4.38. The van der Waals surface area contributed by atoms with Gasteiger partial charge in [-0.2, -0.15) is 0 Å². The summed E-state index contributed by atoms with van der Waals surface area (Å²) < 4.78 is 0. The van der Waals surface area contributed by atoms with E-state index in [1.807, 2.05) is 12.1 Å². The van der Waals surface area contributed by atoms with E-state index in [0.29, 0.717) is 6.42 Å². The van der Waals surface area contributed by atoms with Crippen LogP contribution in [0.2, 0.25) is 0 Å². The number of aromatic hydroxyl groups is 1. The summed E-state index contributed by atoms with van der Waals surface area (Å²) in [5.74, 6) is 0.274.